The molecule has 1 amide bonds. The molecule has 4 nitrogen and oxygen atoms in total. The molecule has 24 heavy (non-hydrogen) atoms. The maximum Gasteiger partial charge on any atom is 0.416 e. The monoisotopic (exact) mass is 404 g/mol. The Kier molecular flexibility index (Phi) is 7.98. The molecule has 1 aromatic rings. The van der Waals surface area contributed by atoms with Gasteiger partial charge in [-0.2, -0.15) is 13.2 Å². The molecule has 0 radical (unpaired) electrons. The van der Waals surface area contributed by atoms with Gasteiger partial charge in [-0.25, -0.2) is 0 Å². The van der Waals surface area contributed by atoms with Gasteiger partial charge in [0.1, 0.15) is 0 Å². The van der Waals surface area contributed by atoms with E-state index in [1.54, 1.807) is 6.26 Å². The van der Waals surface area contributed by atoms with E-state index in [2.05, 4.69) is 5.32 Å². The predicted molar refractivity (Wildman–Crippen MR) is 90.9 cm³/mol. The van der Waals surface area contributed by atoms with Crippen LogP contribution in [0.2, 0.25) is 10.0 Å². The van der Waals surface area contributed by atoms with Crippen molar-refractivity contribution in [3.05, 3.63) is 27.7 Å². The van der Waals surface area contributed by atoms with Gasteiger partial charge in [-0.3, -0.25) is 9.00 Å². The number of nitrogens with one attached hydrogen (secondary N) is 1. The van der Waals surface area contributed by atoms with E-state index in [9.17, 15) is 22.2 Å². The molecule has 0 aliphatic heterocycles. The summed E-state index contributed by atoms with van der Waals surface area (Å²) in [6.45, 7) is 0.251. The number of alkyl halides is 3. The molecular weight excluding hydrogens is 388 g/mol. The fraction of sp³-hybridized carbons (Fsp3) is 0.500. The number of rotatable bonds is 7. The number of carbonyl (C=O) groups excluding carboxylic acids is 1. The molecule has 0 heterocycles. The summed E-state index contributed by atoms with van der Waals surface area (Å²) in [7, 11) is -1.08. The van der Waals surface area contributed by atoms with Crippen molar-refractivity contribution in [2.24, 2.45) is 5.73 Å². The largest absolute Gasteiger partial charge is 0.416 e. The topological polar surface area (TPSA) is 72.2 Å². The van der Waals surface area contributed by atoms with Crippen LogP contribution in [0.1, 0.15) is 24.8 Å². The minimum atomic E-state index is -4.58. The van der Waals surface area contributed by atoms with Crippen molar-refractivity contribution >= 4 is 45.6 Å². The fourth-order valence-electron chi connectivity index (χ4n) is 1.97. The molecule has 0 saturated carbocycles. The van der Waals surface area contributed by atoms with E-state index in [0.717, 1.165) is 0 Å². The molecule has 1 aromatic carbocycles. The molecule has 3 N–H and O–H groups in total. The Bertz CT molecular complexity index is 604. The van der Waals surface area contributed by atoms with E-state index >= 15 is 0 Å². The van der Waals surface area contributed by atoms with E-state index in [4.69, 9.17) is 28.9 Å². The summed E-state index contributed by atoms with van der Waals surface area (Å²) in [6.07, 6.45) is -2.02. The third kappa shape index (κ3) is 6.23. The molecule has 0 aliphatic rings. The van der Waals surface area contributed by atoms with E-state index in [0.29, 0.717) is 25.0 Å². The summed E-state index contributed by atoms with van der Waals surface area (Å²) < 4.78 is 49.3. The smallest absolute Gasteiger partial charge is 0.329 e. The van der Waals surface area contributed by atoms with Gasteiger partial charge in [-0.1, -0.05) is 23.2 Å². The first-order chi connectivity index (χ1) is 11.1. The summed E-state index contributed by atoms with van der Waals surface area (Å²) in [6, 6.07) is 1.40. The van der Waals surface area contributed by atoms with Crippen LogP contribution in [0.4, 0.5) is 18.9 Å². The predicted octanol–water partition coefficient (Wildman–Crippen LogP) is 3.83. The number of benzene rings is 1. The number of hydrogen-bond acceptors (Lipinski definition) is 3. The van der Waals surface area contributed by atoms with E-state index in [1.165, 1.54) is 0 Å². The molecular formula is C14H17Cl2F3N2O2S. The van der Waals surface area contributed by atoms with Crippen molar-refractivity contribution in [2.45, 2.75) is 30.7 Å². The van der Waals surface area contributed by atoms with E-state index in [-0.39, 0.29) is 33.9 Å². The summed E-state index contributed by atoms with van der Waals surface area (Å²) in [4.78, 5) is 11.9. The lowest BCUT2D eigenvalue weighted by molar-refractivity contribution is -0.137. The van der Waals surface area contributed by atoms with Crippen LogP contribution in [0, 0.1) is 0 Å². The third-order valence-electron chi connectivity index (χ3n) is 3.30. The molecule has 0 fully saturated rings. The normalized spacial score (nSPS) is 14.3. The molecule has 0 spiro atoms. The Morgan fingerprint density at radius 2 is 1.88 bits per heavy atom. The molecule has 0 saturated heterocycles. The Hall–Kier alpha value is -0.830. The van der Waals surface area contributed by atoms with Crippen molar-refractivity contribution in [3.63, 3.8) is 0 Å². The minimum Gasteiger partial charge on any atom is -0.329 e. The zero-order chi connectivity index (χ0) is 18.5. The van der Waals surface area contributed by atoms with Gasteiger partial charge in [0.25, 0.3) is 0 Å². The molecule has 0 bridgehead atoms. The number of carbonyl (C=O) groups is 1. The van der Waals surface area contributed by atoms with Crippen LogP contribution in [0.15, 0.2) is 12.1 Å². The average molecular weight is 405 g/mol. The van der Waals surface area contributed by atoms with Crippen molar-refractivity contribution in [1.82, 2.24) is 0 Å². The van der Waals surface area contributed by atoms with Gasteiger partial charge in [0, 0.05) is 35.3 Å². The van der Waals surface area contributed by atoms with Gasteiger partial charge in [0.05, 0.1) is 21.3 Å². The van der Waals surface area contributed by atoms with Gasteiger partial charge in [0.2, 0.25) is 5.91 Å². The molecule has 10 heteroatoms. The van der Waals surface area contributed by atoms with Crippen molar-refractivity contribution in [3.8, 4) is 0 Å². The van der Waals surface area contributed by atoms with Crippen LogP contribution in [-0.4, -0.2) is 28.2 Å². The van der Waals surface area contributed by atoms with E-state index < -0.39 is 28.4 Å². The average Bonchev–Trinajstić information content (AvgIpc) is 2.45. The van der Waals surface area contributed by atoms with Crippen LogP contribution in [0.25, 0.3) is 0 Å². The molecule has 2 unspecified atom stereocenters. The van der Waals surface area contributed by atoms with Crippen molar-refractivity contribution in [1.29, 1.82) is 0 Å². The van der Waals surface area contributed by atoms with Crippen molar-refractivity contribution < 1.29 is 22.2 Å². The number of anilines is 1. The first-order valence-electron chi connectivity index (χ1n) is 6.94. The Morgan fingerprint density at radius 1 is 1.33 bits per heavy atom. The Morgan fingerprint density at radius 3 is 2.29 bits per heavy atom. The lowest BCUT2D eigenvalue weighted by atomic mass is 10.1. The zero-order valence-corrected chi connectivity index (χ0v) is 15.1. The van der Waals surface area contributed by atoms with Crippen LogP contribution in [0.3, 0.4) is 0 Å². The van der Waals surface area contributed by atoms with Gasteiger partial charge in [-0.15, -0.1) is 0 Å². The van der Waals surface area contributed by atoms with Crippen LogP contribution in [0.5, 0.6) is 0 Å². The summed E-state index contributed by atoms with van der Waals surface area (Å²) in [5.41, 5.74) is 4.42. The first-order valence-corrected chi connectivity index (χ1v) is 9.32. The highest BCUT2D eigenvalue weighted by atomic mass is 35.5. The lowest BCUT2D eigenvalue weighted by Gasteiger charge is -2.14. The summed E-state index contributed by atoms with van der Waals surface area (Å²) >= 11 is 11.6. The number of hydrogen-bond donors (Lipinski definition) is 2. The standard InChI is InChI=1S/C14H17Cl2F3N2O2S/c1-24(23)9(7-20)3-2-4-12(22)21-13-10(15)5-8(6-11(13)16)14(17,18)19/h5-6,9H,2-4,7,20H2,1H3,(H,21,22). The van der Waals surface area contributed by atoms with Gasteiger partial charge >= 0.3 is 6.18 Å². The second-order valence-electron chi connectivity index (χ2n) is 5.11. The maximum atomic E-state index is 12.6. The second-order valence-corrected chi connectivity index (χ2v) is 7.59. The number of amides is 1. The Balaban J connectivity index is 2.69. The SMILES string of the molecule is CS(=O)C(CN)CCCC(=O)Nc1c(Cl)cc(C(F)(F)F)cc1Cl. The molecule has 1 rings (SSSR count). The van der Waals surface area contributed by atoms with Gasteiger partial charge in [-0.05, 0) is 25.0 Å². The van der Waals surface area contributed by atoms with Crippen LogP contribution in [-0.2, 0) is 21.8 Å². The maximum absolute atomic E-state index is 12.6. The zero-order valence-electron chi connectivity index (χ0n) is 12.8. The lowest BCUT2D eigenvalue weighted by Crippen LogP contribution is -2.25. The third-order valence-corrected chi connectivity index (χ3v) is 5.26. The highest BCUT2D eigenvalue weighted by Gasteiger charge is 2.32. The Labute approximate surface area is 150 Å². The highest BCUT2D eigenvalue weighted by molar-refractivity contribution is 7.84. The minimum absolute atomic E-state index is 0.0641. The highest BCUT2D eigenvalue weighted by Crippen LogP contribution is 2.38. The molecule has 136 valence electrons. The fourth-order valence-corrected chi connectivity index (χ4v) is 3.32. The van der Waals surface area contributed by atoms with Crippen LogP contribution < -0.4 is 11.1 Å². The van der Waals surface area contributed by atoms with Gasteiger partial charge in [0.15, 0.2) is 0 Å². The molecule has 2 atom stereocenters. The van der Waals surface area contributed by atoms with E-state index in [1.807, 2.05) is 0 Å². The number of halogens is 5. The summed E-state index contributed by atoms with van der Waals surface area (Å²) in [5, 5.41) is 1.62. The van der Waals surface area contributed by atoms with Gasteiger partial charge < -0.3 is 11.1 Å². The first kappa shape index (κ1) is 21.2. The number of nitrogens with two attached hydrogens (primary N) is 1. The molecule has 0 aromatic heterocycles. The summed E-state index contributed by atoms with van der Waals surface area (Å²) in [5.74, 6) is -0.448. The quantitative estimate of drug-likeness (QED) is 0.725. The van der Waals surface area contributed by atoms with Crippen LogP contribution >= 0.6 is 23.2 Å². The second kappa shape index (κ2) is 9.03. The van der Waals surface area contributed by atoms with Crippen molar-refractivity contribution in [2.75, 3.05) is 18.1 Å². The molecule has 0 aliphatic carbocycles.